The number of likely N-dealkylation sites (N-methyl/N-ethyl adjacent to an activating group) is 1. The van der Waals surface area contributed by atoms with Gasteiger partial charge in [0.2, 0.25) is 0 Å². The predicted molar refractivity (Wildman–Crippen MR) is 71.6 cm³/mol. The molecule has 0 aromatic carbocycles. The Hall–Kier alpha value is -0.0800. The van der Waals surface area contributed by atoms with Gasteiger partial charge in [0.25, 0.3) is 0 Å². The summed E-state index contributed by atoms with van der Waals surface area (Å²) >= 11 is 0. The van der Waals surface area contributed by atoms with Crippen LogP contribution < -0.4 is 5.73 Å². The van der Waals surface area contributed by atoms with E-state index in [-0.39, 0.29) is 0 Å². The van der Waals surface area contributed by atoms with Gasteiger partial charge in [-0.25, -0.2) is 0 Å². The van der Waals surface area contributed by atoms with Crippen molar-refractivity contribution in [3.05, 3.63) is 0 Å². The second kappa shape index (κ2) is 6.61. The minimum Gasteiger partial charge on any atom is -0.329 e. The maximum atomic E-state index is 6.05. The van der Waals surface area contributed by atoms with E-state index in [0.29, 0.717) is 5.54 Å². The molecule has 2 heteroatoms. The van der Waals surface area contributed by atoms with Gasteiger partial charge >= 0.3 is 0 Å². The van der Waals surface area contributed by atoms with Crippen LogP contribution >= 0.6 is 0 Å². The highest BCUT2D eigenvalue weighted by molar-refractivity contribution is 4.94. The molecule has 1 aliphatic rings. The molecule has 1 fully saturated rings. The number of hydrogen-bond donors (Lipinski definition) is 1. The van der Waals surface area contributed by atoms with Crippen molar-refractivity contribution in [3.8, 4) is 0 Å². The normalized spacial score (nSPS) is 30.9. The fourth-order valence-electron chi connectivity index (χ4n) is 2.88. The van der Waals surface area contributed by atoms with Crippen LogP contribution in [0.5, 0.6) is 0 Å². The minimum atomic E-state index is 0.320. The van der Waals surface area contributed by atoms with Crippen LogP contribution in [0.1, 0.15) is 58.8 Å². The molecule has 1 rings (SSSR count). The summed E-state index contributed by atoms with van der Waals surface area (Å²) in [6.07, 6.45) is 9.29. The minimum absolute atomic E-state index is 0.320. The lowest BCUT2D eigenvalue weighted by Gasteiger charge is -2.45. The molecule has 0 atom stereocenters. The predicted octanol–water partition coefficient (Wildman–Crippen LogP) is 3.02. The van der Waals surface area contributed by atoms with Crippen LogP contribution in [-0.2, 0) is 0 Å². The van der Waals surface area contributed by atoms with Gasteiger partial charge in [0.1, 0.15) is 0 Å². The molecule has 0 aromatic rings. The van der Waals surface area contributed by atoms with Crippen LogP contribution in [0.15, 0.2) is 0 Å². The third-order valence-electron chi connectivity index (χ3n) is 4.49. The first-order valence-electron chi connectivity index (χ1n) is 7.06. The van der Waals surface area contributed by atoms with E-state index in [2.05, 4.69) is 25.8 Å². The number of rotatable bonds is 6. The van der Waals surface area contributed by atoms with E-state index in [1.54, 1.807) is 0 Å². The van der Waals surface area contributed by atoms with E-state index < -0.39 is 0 Å². The van der Waals surface area contributed by atoms with Crippen LogP contribution in [0.3, 0.4) is 0 Å². The molecule has 0 aromatic heterocycles. The zero-order valence-corrected chi connectivity index (χ0v) is 11.5. The monoisotopic (exact) mass is 226 g/mol. The van der Waals surface area contributed by atoms with E-state index in [9.17, 15) is 0 Å². The molecule has 1 aliphatic carbocycles. The molecule has 0 bridgehead atoms. The summed E-state index contributed by atoms with van der Waals surface area (Å²) in [7, 11) is 2.28. The smallest absolute Gasteiger partial charge is 0.0328 e. The Balaban J connectivity index is 2.44. The van der Waals surface area contributed by atoms with E-state index in [1.807, 2.05) is 0 Å². The lowest BCUT2D eigenvalue weighted by molar-refractivity contribution is 0.0665. The molecule has 0 heterocycles. The Morgan fingerprint density at radius 1 is 1.25 bits per heavy atom. The van der Waals surface area contributed by atoms with Crippen molar-refractivity contribution >= 4 is 0 Å². The molecule has 96 valence electrons. The summed E-state index contributed by atoms with van der Waals surface area (Å²) < 4.78 is 0. The van der Waals surface area contributed by atoms with Crippen LogP contribution in [-0.4, -0.2) is 30.6 Å². The molecule has 0 amide bonds. The second-order valence-electron chi connectivity index (χ2n) is 5.74. The molecular weight excluding hydrogens is 196 g/mol. The quantitative estimate of drug-likeness (QED) is 0.705. The third-order valence-corrected chi connectivity index (χ3v) is 4.49. The van der Waals surface area contributed by atoms with Gasteiger partial charge in [0, 0.05) is 12.1 Å². The van der Waals surface area contributed by atoms with Gasteiger partial charge in [-0.15, -0.1) is 0 Å². The van der Waals surface area contributed by atoms with Gasteiger partial charge in [-0.3, -0.25) is 4.90 Å². The molecule has 0 unspecified atom stereocenters. The highest BCUT2D eigenvalue weighted by Crippen LogP contribution is 2.35. The summed E-state index contributed by atoms with van der Waals surface area (Å²) in [5.41, 5.74) is 6.37. The standard InChI is InChI=1S/C14H30N2/c1-4-5-6-11-16(3)14(12-15)9-7-13(2)8-10-14/h13H,4-12,15H2,1-3H3. The van der Waals surface area contributed by atoms with Crippen LogP contribution in [0.4, 0.5) is 0 Å². The first-order chi connectivity index (χ1) is 7.64. The molecule has 1 saturated carbocycles. The van der Waals surface area contributed by atoms with Gasteiger partial charge in [-0.1, -0.05) is 26.7 Å². The van der Waals surface area contributed by atoms with Crippen molar-refractivity contribution in [2.75, 3.05) is 20.1 Å². The number of unbranched alkanes of at least 4 members (excludes halogenated alkanes) is 2. The van der Waals surface area contributed by atoms with Crippen molar-refractivity contribution in [2.24, 2.45) is 11.7 Å². The Kier molecular flexibility index (Phi) is 5.77. The molecule has 0 spiro atoms. The largest absolute Gasteiger partial charge is 0.329 e. The van der Waals surface area contributed by atoms with Gasteiger partial charge in [-0.05, 0) is 51.6 Å². The first kappa shape index (κ1) is 14.0. The molecule has 2 N–H and O–H groups in total. The summed E-state index contributed by atoms with van der Waals surface area (Å²) in [6, 6.07) is 0. The van der Waals surface area contributed by atoms with Gasteiger partial charge in [0.15, 0.2) is 0 Å². The van der Waals surface area contributed by atoms with E-state index in [4.69, 9.17) is 5.73 Å². The van der Waals surface area contributed by atoms with E-state index in [1.165, 1.54) is 51.5 Å². The highest BCUT2D eigenvalue weighted by atomic mass is 15.2. The van der Waals surface area contributed by atoms with Crippen molar-refractivity contribution in [1.29, 1.82) is 0 Å². The second-order valence-corrected chi connectivity index (χ2v) is 5.74. The van der Waals surface area contributed by atoms with Crippen molar-refractivity contribution in [2.45, 2.75) is 64.3 Å². The molecule has 16 heavy (non-hydrogen) atoms. The maximum Gasteiger partial charge on any atom is 0.0328 e. The summed E-state index contributed by atoms with van der Waals surface area (Å²) in [4.78, 5) is 2.55. The van der Waals surface area contributed by atoms with Crippen molar-refractivity contribution in [3.63, 3.8) is 0 Å². The number of hydrogen-bond acceptors (Lipinski definition) is 2. The van der Waals surface area contributed by atoms with Crippen LogP contribution in [0.2, 0.25) is 0 Å². The van der Waals surface area contributed by atoms with Gasteiger partial charge in [-0.2, -0.15) is 0 Å². The van der Waals surface area contributed by atoms with Crippen LogP contribution in [0.25, 0.3) is 0 Å². The Labute approximate surface area is 102 Å². The molecule has 0 saturated heterocycles. The molecule has 0 radical (unpaired) electrons. The molecular formula is C14H30N2. The number of nitrogens with two attached hydrogens (primary N) is 1. The third kappa shape index (κ3) is 3.46. The first-order valence-corrected chi connectivity index (χ1v) is 7.06. The summed E-state index contributed by atoms with van der Waals surface area (Å²) in [5, 5.41) is 0. The fraction of sp³-hybridized carbons (Fsp3) is 1.00. The van der Waals surface area contributed by atoms with E-state index >= 15 is 0 Å². The molecule has 2 nitrogen and oxygen atoms in total. The van der Waals surface area contributed by atoms with Crippen molar-refractivity contribution in [1.82, 2.24) is 4.90 Å². The van der Waals surface area contributed by atoms with Gasteiger partial charge < -0.3 is 5.73 Å². The maximum absolute atomic E-state index is 6.05. The lowest BCUT2D eigenvalue weighted by atomic mass is 9.76. The molecule has 0 aliphatic heterocycles. The lowest BCUT2D eigenvalue weighted by Crippen LogP contribution is -2.54. The summed E-state index contributed by atoms with van der Waals surface area (Å²) in [5.74, 6) is 0.906. The Bertz CT molecular complexity index is 183. The van der Waals surface area contributed by atoms with E-state index in [0.717, 1.165) is 12.5 Å². The zero-order chi connectivity index (χ0) is 12.0. The zero-order valence-electron chi connectivity index (χ0n) is 11.5. The fourth-order valence-corrected chi connectivity index (χ4v) is 2.88. The Morgan fingerprint density at radius 3 is 2.38 bits per heavy atom. The van der Waals surface area contributed by atoms with Crippen LogP contribution in [0, 0.1) is 5.92 Å². The SMILES string of the molecule is CCCCCN(C)C1(CN)CCC(C)CC1. The van der Waals surface area contributed by atoms with Gasteiger partial charge in [0.05, 0.1) is 0 Å². The topological polar surface area (TPSA) is 29.3 Å². The Morgan fingerprint density at radius 2 is 1.88 bits per heavy atom. The highest BCUT2D eigenvalue weighted by Gasteiger charge is 2.35. The average molecular weight is 226 g/mol. The summed E-state index contributed by atoms with van der Waals surface area (Å²) in [6.45, 7) is 6.69. The van der Waals surface area contributed by atoms with Crippen molar-refractivity contribution < 1.29 is 0 Å². The average Bonchev–Trinajstić information content (AvgIpc) is 2.31. The number of nitrogens with zero attached hydrogens (tertiary/aromatic N) is 1.